The van der Waals surface area contributed by atoms with Gasteiger partial charge in [0.1, 0.15) is 17.4 Å². The van der Waals surface area contributed by atoms with Crippen LogP contribution in [-0.2, 0) is 9.53 Å². The number of nitrogens with zero attached hydrogens (tertiary/aromatic N) is 1. The Morgan fingerprint density at radius 3 is 2.62 bits per heavy atom. The van der Waals surface area contributed by atoms with E-state index < -0.39 is 11.5 Å². The summed E-state index contributed by atoms with van der Waals surface area (Å²) in [6.45, 7) is 4.46. The fraction of sp³-hybridized carbons (Fsp3) is 0.462. The summed E-state index contributed by atoms with van der Waals surface area (Å²) in [5, 5.41) is 13.0. The Labute approximate surface area is 205 Å². The molecular formula is C26H31ClN2O5. The number of ether oxygens (including phenoxy) is 2. The minimum atomic E-state index is -0.968. The van der Waals surface area contributed by atoms with Gasteiger partial charge >= 0.3 is 5.97 Å². The molecule has 182 valence electrons. The Morgan fingerprint density at radius 2 is 1.94 bits per heavy atom. The first-order chi connectivity index (χ1) is 16.4. The number of benzene rings is 2. The molecule has 2 atom stereocenters. The van der Waals surface area contributed by atoms with E-state index in [-0.39, 0.29) is 23.6 Å². The number of amides is 1. The second kappa shape index (κ2) is 10.8. The van der Waals surface area contributed by atoms with Crippen molar-refractivity contribution in [1.82, 2.24) is 10.2 Å². The Kier molecular flexibility index (Phi) is 7.76. The number of carbonyl (C=O) groups excluding carboxylic acids is 1. The van der Waals surface area contributed by atoms with Crippen molar-refractivity contribution >= 4 is 23.5 Å². The van der Waals surface area contributed by atoms with E-state index in [1.165, 1.54) is 0 Å². The highest BCUT2D eigenvalue weighted by molar-refractivity contribution is 6.30. The van der Waals surface area contributed by atoms with Crippen LogP contribution in [0.5, 0.6) is 5.75 Å². The monoisotopic (exact) mass is 486 g/mol. The van der Waals surface area contributed by atoms with Crippen molar-refractivity contribution < 1.29 is 24.2 Å². The first kappa shape index (κ1) is 24.5. The number of piperidine rings is 1. The molecule has 4 rings (SSSR count). The van der Waals surface area contributed by atoms with Crippen molar-refractivity contribution in [3.63, 3.8) is 0 Å². The Hall–Kier alpha value is -2.61. The molecule has 0 radical (unpaired) electrons. The first-order valence-electron chi connectivity index (χ1n) is 11.8. The number of hydrogen-bond acceptors (Lipinski definition) is 5. The summed E-state index contributed by atoms with van der Waals surface area (Å²) in [6, 6.07) is 13.8. The molecule has 2 N–H and O–H groups in total. The van der Waals surface area contributed by atoms with Crippen LogP contribution in [0, 0.1) is 0 Å². The van der Waals surface area contributed by atoms with Gasteiger partial charge in [-0.1, -0.05) is 29.8 Å². The minimum Gasteiger partial charge on any atom is -0.489 e. The molecule has 1 unspecified atom stereocenters. The van der Waals surface area contributed by atoms with Crippen LogP contribution in [0.4, 0.5) is 0 Å². The maximum absolute atomic E-state index is 13.7. The second-order valence-electron chi connectivity index (χ2n) is 9.05. The number of rotatable bonds is 7. The van der Waals surface area contributed by atoms with Gasteiger partial charge in [0.15, 0.2) is 0 Å². The molecule has 0 aliphatic carbocycles. The quantitative estimate of drug-likeness (QED) is 0.606. The fourth-order valence-electron chi connectivity index (χ4n) is 4.88. The summed E-state index contributed by atoms with van der Waals surface area (Å²) in [5.41, 5.74) is 0.424. The SMILES string of the molecule is CC(NC(=O)C1(N2CCC[C@@H](Oc3cccc(Cl)c3)C2)CCOCC1)c1ccc(C(=O)O)cc1. The Balaban J connectivity index is 1.48. The molecule has 0 saturated carbocycles. The maximum atomic E-state index is 13.7. The number of carbonyl (C=O) groups is 2. The number of carboxylic acid groups (broad SMARTS) is 1. The predicted octanol–water partition coefficient (Wildman–Crippen LogP) is 4.31. The van der Waals surface area contributed by atoms with Gasteiger partial charge in [0, 0.05) is 24.8 Å². The van der Waals surface area contributed by atoms with E-state index in [2.05, 4.69) is 10.2 Å². The highest BCUT2D eigenvalue weighted by Crippen LogP contribution is 2.33. The summed E-state index contributed by atoms with van der Waals surface area (Å²) >= 11 is 6.11. The molecule has 2 heterocycles. The van der Waals surface area contributed by atoms with Gasteiger partial charge < -0.3 is 19.9 Å². The smallest absolute Gasteiger partial charge is 0.335 e. The number of nitrogens with one attached hydrogen (secondary N) is 1. The summed E-state index contributed by atoms with van der Waals surface area (Å²) in [7, 11) is 0. The molecule has 2 fully saturated rings. The summed E-state index contributed by atoms with van der Waals surface area (Å²) in [6.07, 6.45) is 3.07. The van der Waals surface area contributed by atoms with Crippen LogP contribution in [0.25, 0.3) is 0 Å². The van der Waals surface area contributed by atoms with Gasteiger partial charge in [-0.2, -0.15) is 0 Å². The molecule has 8 heteroatoms. The maximum Gasteiger partial charge on any atom is 0.335 e. The van der Waals surface area contributed by atoms with E-state index >= 15 is 0 Å². The van der Waals surface area contributed by atoms with Crippen LogP contribution in [0.2, 0.25) is 5.02 Å². The predicted molar refractivity (Wildman–Crippen MR) is 129 cm³/mol. The zero-order chi connectivity index (χ0) is 24.1. The average molecular weight is 487 g/mol. The molecule has 0 bridgehead atoms. The van der Waals surface area contributed by atoms with Crippen molar-refractivity contribution in [3.05, 3.63) is 64.7 Å². The summed E-state index contributed by atoms with van der Waals surface area (Å²) in [5.74, 6) is -0.249. The first-order valence-corrected chi connectivity index (χ1v) is 12.1. The van der Waals surface area contributed by atoms with Gasteiger partial charge in [0.05, 0.1) is 11.6 Å². The van der Waals surface area contributed by atoms with E-state index in [1.54, 1.807) is 24.3 Å². The standard InChI is InChI=1S/C26H31ClN2O5/c1-18(19-7-9-20(10-8-19)24(30)31)28-25(32)26(11-14-33-15-12-26)29-13-3-6-23(17-29)34-22-5-2-4-21(27)16-22/h2,4-5,7-10,16,18,23H,3,6,11-15,17H2,1H3,(H,28,32)(H,30,31)/t18?,23-/m1/s1. The average Bonchev–Trinajstić information content (AvgIpc) is 2.84. The Morgan fingerprint density at radius 1 is 1.21 bits per heavy atom. The zero-order valence-electron chi connectivity index (χ0n) is 19.3. The molecular weight excluding hydrogens is 456 g/mol. The van der Waals surface area contributed by atoms with Crippen molar-refractivity contribution in [2.45, 2.75) is 50.3 Å². The van der Waals surface area contributed by atoms with E-state index in [9.17, 15) is 9.59 Å². The molecule has 34 heavy (non-hydrogen) atoms. The largest absolute Gasteiger partial charge is 0.489 e. The van der Waals surface area contributed by atoms with Crippen LogP contribution in [0.3, 0.4) is 0 Å². The molecule has 0 spiro atoms. The summed E-state index contributed by atoms with van der Waals surface area (Å²) in [4.78, 5) is 27.1. The third-order valence-corrected chi connectivity index (χ3v) is 7.07. The van der Waals surface area contributed by atoms with Crippen LogP contribution >= 0.6 is 11.6 Å². The molecule has 1 amide bonds. The van der Waals surface area contributed by atoms with E-state index in [4.69, 9.17) is 26.2 Å². The second-order valence-corrected chi connectivity index (χ2v) is 9.49. The lowest BCUT2D eigenvalue weighted by atomic mass is 9.84. The van der Waals surface area contributed by atoms with Gasteiger partial charge in [-0.25, -0.2) is 4.79 Å². The lowest BCUT2D eigenvalue weighted by Crippen LogP contribution is -2.64. The number of aromatic carboxylic acids is 1. The lowest BCUT2D eigenvalue weighted by molar-refractivity contribution is -0.144. The summed E-state index contributed by atoms with van der Waals surface area (Å²) < 4.78 is 11.8. The van der Waals surface area contributed by atoms with Crippen molar-refractivity contribution in [1.29, 1.82) is 0 Å². The van der Waals surface area contributed by atoms with Gasteiger partial charge in [-0.05, 0) is 75.0 Å². The van der Waals surface area contributed by atoms with E-state index in [0.29, 0.717) is 37.6 Å². The van der Waals surface area contributed by atoms with Crippen LogP contribution in [0.15, 0.2) is 48.5 Å². The highest BCUT2D eigenvalue weighted by atomic mass is 35.5. The highest BCUT2D eigenvalue weighted by Gasteiger charge is 2.47. The molecule has 0 aromatic heterocycles. The molecule has 2 saturated heterocycles. The van der Waals surface area contributed by atoms with Crippen molar-refractivity contribution in [2.24, 2.45) is 0 Å². The van der Waals surface area contributed by atoms with Crippen LogP contribution in [0.1, 0.15) is 54.6 Å². The number of carboxylic acids is 1. The third kappa shape index (κ3) is 5.54. The fourth-order valence-corrected chi connectivity index (χ4v) is 5.06. The molecule has 2 aliphatic rings. The molecule has 2 aromatic rings. The van der Waals surface area contributed by atoms with Crippen molar-refractivity contribution in [2.75, 3.05) is 26.3 Å². The van der Waals surface area contributed by atoms with E-state index in [0.717, 1.165) is 30.7 Å². The molecule has 2 aromatic carbocycles. The minimum absolute atomic E-state index is 0.0194. The number of halogens is 1. The topological polar surface area (TPSA) is 88.1 Å². The van der Waals surface area contributed by atoms with Gasteiger partial charge in [-0.15, -0.1) is 0 Å². The Bertz CT molecular complexity index is 1010. The van der Waals surface area contributed by atoms with Crippen molar-refractivity contribution in [3.8, 4) is 5.75 Å². The van der Waals surface area contributed by atoms with E-state index in [1.807, 2.05) is 31.2 Å². The number of hydrogen-bond donors (Lipinski definition) is 2. The van der Waals surface area contributed by atoms with Gasteiger partial charge in [0.2, 0.25) is 5.91 Å². The van der Waals surface area contributed by atoms with Crippen LogP contribution < -0.4 is 10.1 Å². The zero-order valence-corrected chi connectivity index (χ0v) is 20.1. The molecule has 2 aliphatic heterocycles. The number of likely N-dealkylation sites (tertiary alicyclic amines) is 1. The third-order valence-electron chi connectivity index (χ3n) is 6.83. The molecule has 7 nitrogen and oxygen atoms in total. The van der Waals surface area contributed by atoms with Gasteiger partial charge in [0.25, 0.3) is 0 Å². The normalized spacial score (nSPS) is 21.4. The van der Waals surface area contributed by atoms with Crippen LogP contribution in [-0.4, -0.2) is 59.8 Å². The van der Waals surface area contributed by atoms with Gasteiger partial charge in [-0.3, -0.25) is 9.69 Å². The lowest BCUT2D eigenvalue weighted by Gasteiger charge is -2.48.